The Morgan fingerprint density at radius 2 is 2.04 bits per heavy atom. The molecule has 3 heterocycles. The minimum Gasteiger partial charge on any atom is -0.480 e. The van der Waals surface area contributed by atoms with E-state index in [1.807, 2.05) is 24.3 Å². The van der Waals surface area contributed by atoms with Gasteiger partial charge >= 0.3 is 0 Å². The molecule has 0 saturated carbocycles. The Balaban J connectivity index is 1.55. The Kier molecular flexibility index (Phi) is 5.02. The van der Waals surface area contributed by atoms with E-state index in [0.717, 1.165) is 17.5 Å². The van der Waals surface area contributed by atoms with Crippen LogP contribution in [0.2, 0.25) is 5.02 Å². The number of hydrogen-bond donors (Lipinski definition) is 2. The number of aromatic nitrogens is 3. The Labute approximate surface area is 166 Å². The predicted molar refractivity (Wildman–Crippen MR) is 107 cm³/mol. The number of rotatable bonds is 4. The number of methoxy groups -OCH3 is 1. The van der Waals surface area contributed by atoms with Gasteiger partial charge in [-0.2, -0.15) is 4.98 Å². The van der Waals surface area contributed by atoms with Gasteiger partial charge in [-0.3, -0.25) is 4.79 Å². The first kappa shape index (κ1) is 18.5. The van der Waals surface area contributed by atoms with E-state index in [4.69, 9.17) is 16.3 Å². The molecule has 1 aromatic carbocycles. The summed E-state index contributed by atoms with van der Waals surface area (Å²) in [5.41, 5.74) is 4.80. The topological polar surface area (TPSA) is 91.3 Å². The van der Waals surface area contributed by atoms with Crippen LogP contribution >= 0.6 is 11.6 Å². The normalized spacial score (nSPS) is 14.4. The molecule has 7 nitrogen and oxygen atoms in total. The summed E-state index contributed by atoms with van der Waals surface area (Å²) in [7, 11) is 1.53. The quantitative estimate of drug-likeness (QED) is 0.704. The molecule has 0 bridgehead atoms. The zero-order chi connectivity index (χ0) is 19.7. The lowest BCUT2D eigenvalue weighted by atomic mass is 9.97. The maximum atomic E-state index is 11.9. The highest BCUT2D eigenvalue weighted by Crippen LogP contribution is 2.31. The zero-order valence-electron chi connectivity index (χ0n) is 15.3. The summed E-state index contributed by atoms with van der Waals surface area (Å²) in [4.78, 5) is 24.8. The standard InChI is InChI=1S/C20H19ClN4O3/c1-28-11-17(26)25-8-6-13(7-9-25)12-2-4-14(5-3-12)18-15(21)10-16-19(23-18)24-20(27)22-16/h2-6,10H,7-9,11H2,1H3,(H2,22,23,24,27). The number of nitrogens with zero attached hydrogens (tertiary/aromatic N) is 3. The predicted octanol–water partition coefficient (Wildman–Crippen LogP) is 3.25. The number of imidazole rings is 1. The Morgan fingerprint density at radius 3 is 2.71 bits per heavy atom. The van der Waals surface area contributed by atoms with E-state index in [1.165, 1.54) is 12.7 Å². The highest BCUT2D eigenvalue weighted by atomic mass is 35.5. The minimum atomic E-state index is -0.187. The SMILES string of the molecule is COCC(=O)N1CC=C(c2ccc(-c3nc4nc(O)[nH]c4cc3Cl)cc2)CC1. The molecule has 3 aromatic rings. The van der Waals surface area contributed by atoms with Crippen molar-refractivity contribution in [2.45, 2.75) is 6.42 Å². The van der Waals surface area contributed by atoms with Crippen molar-refractivity contribution in [2.75, 3.05) is 26.8 Å². The number of aromatic amines is 1. The second-order valence-electron chi connectivity index (χ2n) is 6.58. The third-order valence-corrected chi connectivity index (χ3v) is 5.06. The number of carbonyl (C=O) groups excluding carboxylic acids is 1. The molecular weight excluding hydrogens is 380 g/mol. The summed E-state index contributed by atoms with van der Waals surface area (Å²) >= 11 is 6.36. The number of H-pyrrole nitrogens is 1. The highest BCUT2D eigenvalue weighted by molar-refractivity contribution is 6.33. The van der Waals surface area contributed by atoms with Gasteiger partial charge in [0.15, 0.2) is 5.65 Å². The first-order chi connectivity index (χ1) is 13.5. The van der Waals surface area contributed by atoms with Gasteiger partial charge in [-0.15, -0.1) is 0 Å². The van der Waals surface area contributed by atoms with Gasteiger partial charge in [0, 0.05) is 25.8 Å². The molecule has 144 valence electrons. The van der Waals surface area contributed by atoms with Gasteiger partial charge < -0.3 is 19.7 Å². The van der Waals surface area contributed by atoms with Gasteiger partial charge in [-0.1, -0.05) is 41.9 Å². The fourth-order valence-corrected chi connectivity index (χ4v) is 3.58. The first-order valence-electron chi connectivity index (χ1n) is 8.87. The molecule has 0 saturated heterocycles. The fourth-order valence-electron chi connectivity index (χ4n) is 3.32. The Morgan fingerprint density at radius 1 is 1.29 bits per heavy atom. The van der Waals surface area contributed by atoms with E-state index in [0.29, 0.717) is 35.0 Å². The molecule has 1 aliphatic heterocycles. The molecular formula is C20H19ClN4O3. The van der Waals surface area contributed by atoms with E-state index in [2.05, 4.69) is 21.0 Å². The van der Waals surface area contributed by atoms with Crippen molar-refractivity contribution in [3.63, 3.8) is 0 Å². The van der Waals surface area contributed by atoms with Crippen LogP contribution in [0.4, 0.5) is 0 Å². The number of fused-ring (bicyclic) bond motifs is 1. The second-order valence-corrected chi connectivity index (χ2v) is 6.99. The molecule has 4 rings (SSSR count). The molecule has 1 aliphatic rings. The van der Waals surface area contributed by atoms with Crippen molar-refractivity contribution in [3.05, 3.63) is 47.0 Å². The summed E-state index contributed by atoms with van der Waals surface area (Å²) < 4.78 is 4.91. The van der Waals surface area contributed by atoms with Gasteiger partial charge in [0.2, 0.25) is 5.91 Å². The smallest absolute Gasteiger partial charge is 0.293 e. The maximum absolute atomic E-state index is 11.9. The minimum absolute atomic E-state index is 0.00802. The molecule has 0 fully saturated rings. The number of hydrogen-bond acceptors (Lipinski definition) is 5. The molecule has 0 radical (unpaired) electrons. The molecule has 0 spiro atoms. The van der Waals surface area contributed by atoms with Gasteiger partial charge in [0.1, 0.15) is 6.61 Å². The number of amides is 1. The summed E-state index contributed by atoms with van der Waals surface area (Å²) in [6.07, 6.45) is 2.88. The van der Waals surface area contributed by atoms with Crippen LogP contribution in [-0.4, -0.2) is 57.7 Å². The number of pyridine rings is 1. The van der Waals surface area contributed by atoms with Crippen LogP contribution in [-0.2, 0) is 9.53 Å². The molecule has 28 heavy (non-hydrogen) atoms. The largest absolute Gasteiger partial charge is 0.480 e. The van der Waals surface area contributed by atoms with Gasteiger partial charge in [0.25, 0.3) is 6.01 Å². The number of benzene rings is 1. The van der Waals surface area contributed by atoms with Crippen LogP contribution < -0.4 is 0 Å². The zero-order valence-corrected chi connectivity index (χ0v) is 16.0. The third-order valence-electron chi connectivity index (χ3n) is 4.77. The third kappa shape index (κ3) is 3.58. The van der Waals surface area contributed by atoms with Crippen LogP contribution in [0, 0.1) is 0 Å². The van der Waals surface area contributed by atoms with E-state index in [9.17, 15) is 9.90 Å². The summed E-state index contributed by atoms with van der Waals surface area (Å²) in [5.74, 6) is 0.00802. The van der Waals surface area contributed by atoms with Gasteiger partial charge in [-0.25, -0.2) is 4.98 Å². The maximum Gasteiger partial charge on any atom is 0.293 e. The highest BCUT2D eigenvalue weighted by Gasteiger charge is 2.18. The number of ether oxygens (including phenoxy) is 1. The average Bonchev–Trinajstić information content (AvgIpc) is 3.06. The molecule has 0 unspecified atom stereocenters. The average molecular weight is 399 g/mol. The molecule has 2 aromatic heterocycles. The molecule has 0 atom stereocenters. The van der Waals surface area contributed by atoms with Crippen molar-refractivity contribution >= 4 is 34.2 Å². The van der Waals surface area contributed by atoms with E-state index in [-0.39, 0.29) is 18.5 Å². The van der Waals surface area contributed by atoms with Crippen molar-refractivity contribution in [2.24, 2.45) is 0 Å². The fraction of sp³-hybridized carbons (Fsp3) is 0.250. The lowest BCUT2D eigenvalue weighted by Gasteiger charge is -2.26. The number of aromatic hydroxyl groups is 1. The number of nitrogens with one attached hydrogen (secondary N) is 1. The van der Waals surface area contributed by atoms with Crippen LogP contribution in [0.5, 0.6) is 6.01 Å². The van der Waals surface area contributed by atoms with E-state index >= 15 is 0 Å². The molecule has 0 aliphatic carbocycles. The summed E-state index contributed by atoms with van der Waals surface area (Å²) in [6, 6.07) is 9.50. The summed E-state index contributed by atoms with van der Waals surface area (Å²) in [5, 5.41) is 9.96. The van der Waals surface area contributed by atoms with Crippen LogP contribution in [0.25, 0.3) is 28.0 Å². The van der Waals surface area contributed by atoms with Crippen molar-refractivity contribution in [1.82, 2.24) is 19.9 Å². The first-order valence-corrected chi connectivity index (χ1v) is 9.24. The number of halogens is 1. The van der Waals surface area contributed by atoms with Crippen molar-refractivity contribution in [3.8, 4) is 17.3 Å². The molecule has 1 amide bonds. The summed E-state index contributed by atoms with van der Waals surface area (Å²) in [6.45, 7) is 1.39. The van der Waals surface area contributed by atoms with Gasteiger partial charge in [-0.05, 0) is 23.6 Å². The van der Waals surface area contributed by atoms with E-state index in [1.54, 1.807) is 11.0 Å². The Bertz CT molecular complexity index is 1060. The van der Waals surface area contributed by atoms with E-state index < -0.39 is 0 Å². The van der Waals surface area contributed by atoms with Crippen LogP contribution in [0.15, 0.2) is 36.4 Å². The lowest BCUT2D eigenvalue weighted by Crippen LogP contribution is -2.36. The van der Waals surface area contributed by atoms with Crippen molar-refractivity contribution < 1.29 is 14.6 Å². The molecule has 2 N–H and O–H groups in total. The molecule has 8 heteroatoms. The van der Waals surface area contributed by atoms with Gasteiger partial charge in [0.05, 0.1) is 16.2 Å². The van der Waals surface area contributed by atoms with Crippen molar-refractivity contribution in [1.29, 1.82) is 0 Å². The lowest BCUT2D eigenvalue weighted by molar-refractivity contribution is -0.134. The van der Waals surface area contributed by atoms with Crippen LogP contribution in [0.1, 0.15) is 12.0 Å². The number of carbonyl (C=O) groups is 1. The van der Waals surface area contributed by atoms with Crippen LogP contribution in [0.3, 0.4) is 0 Å². The second kappa shape index (κ2) is 7.61. The monoisotopic (exact) mass is 398 g/mol. The Hall–Kier alpha value is -2.90.